The summed E-state index contributed by atoms with van der Waals surface area (Å²) in [6.45, 7) is 0.571. The quantitative estimate of drug-likeness (QED) is 0.909. The normalized spacial score (nSPS) is 12.9. The van der Waals surface area contributed by atoms with Crippen LogP contribution in [0.3, 0.4) is 0 Å². The highest BCUT2D eigenvalue weighted by atomic mass is 32.2. The summed E-state index contributed by atoms with van der Waals surface area (Å²) in [5, 5.41) is 0. The van der Waals surface area contributed by atoms with Crippen molar-refractivity contribution in [3.05, 3.63) is 42.0 Å². The van der Waals surface area contributed by atoms with Crippen molar-refractivity contribution in [2.75, 3.05) is 19.1 Å². The maximum atomic E-state index is 5.72. The first-order chi connectivity index (χ1) is 9.22. The SMILES string of the molecule is COc1ccc2c(c1)Sc1ccc(CN)cc1N2C. The molecule has 0 saturated heterocycles. The van der Waals surface area contributed by atoms with Gasteiger partial charge in [-0.2, -0.15) is 0 Å². The van der Waals surface area contributed by atoms with E-state index in [0.717, 1.165) is 11.3 Å². The van der Waals surface area contributed by atoms with Gasteiger partial charge in [-0.3, -0.25) is 0 Å². The third-order valence-electron chi connectivity index (χ3n) is 3.37. The molecule has 1 aliphatic rings. The van der Waals surface area contributed by atoms with Crippen LogP contribution in [0.2, 0.25) is 0 Å². The van der Waals surface area contributed by atoms with E-state index in [0.29, 0.717) is 6.54 Å². The highest BCUT2D eigenvalue weighted by Gasteiger charge is 2.21. The minimum atomic E-state index is 0.571. The van der Waals surface area contributed by atoms with Gasteiger partial charge < -0.3 is 15.4 Å². The van der Waals surface area contributed by atoms with Crippen LogP contribution < -0.4 is 15.4 Å². The van der Waals surface area contributed by atoms with E-state index in [2.05, 4.69) is 42.3 Å². The van der Waals surface area contributed by atoms with Gasteiger partial charge in [0.25, 0.3) is 0 Å². The van der Waals surface area contributed by atoms with Crippen molar-refractivity contribution in [3.63, 3.8) is 0 Å². The van der Waals surface area contributed by atoms with E-state index in [-0.39, 0.29) is 0 Å². The molecular formula is C15H16N2OS. The summed E-state index contributed by atoms with van der Waals surface area (Å²) in [7, 11) is 3.78. The molecule has 1 aliphatic heterocycles. The Balaban J connectivity index is 2.08. The number of nitrogens with zero attached hydrogens (tertiary/aromatic N) is 1. The van der Waals surface area contributed by atoms with Gasteiger partial charge >= 0.3 is 0 Å². The average Bonchev–Trinajstić information content (AvgIpc) is 2.46. The van der Waals surface area contributed by atoms with Gasteiger partial charge in [0.2, 0.25) is 0 Å². The first-order valence-electron chi connectivity index (χ1n) is 6.15. The lowest BCUT2D eigenvalue weighted by atomic mass is 10.1. The fourth-order valence-corrected chi connectivity index (χ4v) is 3.42. The van der Waals surface area contributed by atoms with Crippen molar-refractivity contribution in [2.45, 2.75) is 16.3 Å². The molecule has 0 radical (unpaired) electrons. The molecule has 3 nitrogen and oxygen atoms in total. The fourth-order valence-electron chi connectivity index (χ4n) is 2.27. The summed E-state index contributed by atoms with van der Waals surface area (Å²) in [6, 6.07) is 12.6. The second-order valence-electron chi connectivity index (χ2n) is 4.50. The third kappa shape index (κ3) is 2.07. The maximum absolute atomic E-state index is 5.72. The van der Waals surface area contributed by atoms with Gasteiger partial charge in [-0.05, 0) is 35.9 Å². The van der Waals surface area contributed by atoms with Crippen molar-refractivity contribution >= 4 is 23.1 Å². The van der Waals surface area contributed by atoms with Crippen LogP contribution in [0.4, 0.5) is 11.4 Å². The zero-order chi connectivity index (χ0) is 13.4. The Morgan fingerprint density at radius 1 is 1.11 bits per heavy atom. The molecule has 0 fully saturated rings. The number of methoxy groups -OCH3 is 1. The molecule has 0 aliphatic carbocycles. The van der Waals surface area contributed by atoms with Crippen LogP contribution in [0.1, 0.15) is 5.56 Å². The van der Waals surface area contributed by atoms with E-state index in [4.69, 9.17) is 10.5 Å². The largest absolute Gasteiger partial charge is 0.497 e. The van der Waals surface area contributed by atoms with E-state index in [1.807, 2.05) is 6.07 Å². The average molecular weight is 272 g/mol. The van der Waals surface area contributed by atoms with Crippen molar-refractivity contribution in [2.24, 2.45) is 5.73 Å². The highest BCUT2D eigenvalue weighted by molar-refractivity contribution is 7.99. The smallest absolute Gasteiger partial charge is 0.120 e. The first kappa shape index (κ1) is 12.4. The van der Waals surface area contributed by atoms with Crippen molar-refractivity contribution in [1.29, 1.82) is 0 Å². The summed E-state index contributed by atoms with van der Waals surface area (Å²) in [4.78, 5) is 4.68. The van der Waals surface area contributed by atoms with Crippen LogP contribution in [0, 0.1) is 0 Å². The molecule has 0 aromatic heterocycles. The number of hydrogen-bond donors (Lipinski definition) is 1. The monoisotopic (exact) mass is 272 g/mol. The molecule has 4 heteroatoms. The molecule has 0 spiro atoms. The summed E-state index contributed by atoms with van der Waals surface area (Å²) in [5.41, 5.74) is 9.29. The van der Waals surface area contributed by atoms with E-state index < -0.39 is 0 Å². The van der Waals surface area contributed by atoms with E-state index in [9.17, 15) is 0 Å². The van der Waals surface area contributed by atoms with Crippen LogP contribution in [-0.2, 0) is 6.54 Å². The Kier molecular flexibility index (Phi) is 3.12. The molecule has 0 bridgehead atoms. The van der Waals surface area contributed by atoms with E-state index >= 15 is 0 Å². The zero-order valence-corrected chi connectivity index (χ0v) is 11.8. The number of fused-ring (bicyclic) bond motifs is 2. The molecule has 2 N–H and O–H groups in total. The van der Waals surface area contributed by atoms with Gasteiger partial charge in [0.15, 0.2) is 0 Å². The van der Waals surface area contributed by atoms with Gasteiger partial charge in [0.05, 0.1) is 18.5 Å². The Morgan fingerprint density at radius 3 is 2.68 bits per heavy atom. The van der Waals surface area contributed by atoms with Crippen LogP contribution in [0.15, 0.2) is 46.2 Å². The predicted octanol–water partition coefficient (Wildman–Crippen LogP) is 3.39. The molecule has 0 saturated carbocycles. The lowest BCUT2D eigenvalue weighted by molar-refractivity contribution is 0.413. The molecule has 0 atom stereocenters. The first-order valence-corrected chi connectivity index (χ1v) is 6.97. The summed E-state index contributed by atoms with van der Waals surface area (Å²) >= 11 is 1.77. The molecular weight excluding hydrogens is 256 g/mol. The molecule has 2 aromatic rings. The molecule has 1 heterocycles. The summed E-state index contributed by atoms with van der Waals surface area (Å²) in [5.74, 6) is 0.890. The number of ether oxygens (including phenoxy) is 1. The van der Waals surface area contributed by atoms with Crippen LogP contribution >= 0.6 is 11.8 Å². The molecule has 3 rings (SSSR count). The Labute approximate surface area is 117 Å². The molecule has 0 amide bonds. The second-order valence-corrected chi connectivity index (χ2v) is 5.58. The Bertz CT molecular complexity index is 628. The van der Waals surface area contributed by atoms with Crippen LogP contribution in [-0.4, -0.2) is 14.2 Å². The minimum absolute atomic E-state index is 0.571. The third-order valence-corrected chi connectivity index (χ3v) is 4.48. The predicted molar refractivity (Wildman–Crippen MR) is 79.5 cm³/mol. The number of nitrogens with two attached hydrogens (primary N) is 1. The van der Waals surface area contributed by atoms with Crippen LogP contribution in [0.25, 0.3) is 0 Å². The second kappa shape index (κ2) is 4.79. The van der Waals surface area contributed by atoms with E-state index in [1.165, 1.54) is 21.2 Å². The molecule has 0 unspecified atom stereocenters. The lowest BCUT2D eigenvalue weighted by Crippen LogP contribution is -2.15. The molecule has 98 valence electrons. The van der Waals surface area contributed by atoms with Gasteiger partial charge in [0, 0.05) is 23.4 Å². The number of anilines is 2. The Morgan fingerprint density at radius 2 is 1.95 bits per heavy atom. The van der Waals surface area contributed by atoms with E-state index in [1.54, 1.807) is 18.9 Å². The maximum Gasteiger partial charge on any atom is 0.120 e. The van der Waals surface area contributed by atoms with Crippen molar-refractivity contribution in [1.82, 2.24) is 0 Å². The molecule has 19 heavy (non-hydrogen) atoms. The lowest BCUT2D eigenvalue weighted by Gasteiger charge is -2.30. The topological polar surface area (TPSA) is 38.5 Å². The minimum Gasteiger partial charge on any atom is -0.497 e. The van der Waals surface area contributed by atoms with Gasteiger partial charge in [0.1, 0.15) is 5.75 Å². The number of hydrogen-bond acceptors (Lipinski definition) is 4. The summed E-state index contributed by atoms with van der Waals surface area (Å²) < 4.78 is 5.29. The zero-order valence-electron chi connectivity index (χ0n) is 11.0. The highest BCUT2D eigenvalue weighted by Crippen LogP contribution is 2.48. The number of benzene rings is 2. The summed E-state index contributed by atoms with van der Waals surface area (Å²) in [6.07, 6.45) is 0. The van der Waals surface area contributed by atoms with Crippen molar-refractivity contribution < 1.29 is 4.74 Å². The fraction of sp³-hybridized carbons (Fsp3) is 0.200. The Hall–Kier alpha value is -1.65. The van der Waals surface area contributed by atoms with Crippen molar-refractivity contribution in [3.8, 4) is 5.75 Å². The van der Waals surface area contributed by atoms with Gasteiger partial charge in [-0.15, -0.1) is 0 Å². The van der Waals surface area contributed by atoms with Crippen LogP contribution in [0.5, 0.6) is 5.75 Å². The molecule has 2 aromatic carbocycles. The standard InChI is InChI=1S/C15H16N2OS/c1-17-12-5-4-11(18-2)8-15(12)19-14-6-3-10(9-16)7-13(14)17/h3-8H,9,16H2,1-2H3. The van der Waals surface area contributed by atoms with Gasteiger partial charge in [-0.1, -0.05) is 17.8 Å². The van der Waals surface area contributed by atoms with Gasteiger partial charge in [-0.25, -0.2) is 0 Å². The number of rotatable bonds is 2.